The maximum atomic E-state index is 5.87. The Morgan fingerprint density at radius 1 is 1.35 bits per heavy atom. The molecule has 0 saturated heterocycles. The molecule has 0 unspecified atom stereocenters. The standard InChI is InChI=1S/C15H23NO/c1-4-5-8-16-11-12-6-7-14-13(9-12)10-15(2,3)17-14/h6-7,9,16H,4-5,8,10-11H2,1-3H3. The van der Waals surface area contributed by atoms with Crippen molar-refractivity contribution in [1.82, 2.24) is 5.32 Å². The SMILES string of the molecule is CCCCNCc1ccc2c(c1)CC(C)(C)O2. The number of benzene rings is 1. The number of ether oxygens (including phenoxy) is 1. The van der Waals surface area contributed by atoms with E-state index in [4.69, 9.17) is 4.74 Å². The van der Waals surface area contributed by atoms with E-state index in [1.165, 1.54) is 24.0 Å². The molecule has 0 atom stereocenters. The van der Waals surface area contributed by atoms with Crippen molar-refractivity contribution >= 4 is 0 Å². The van der Waals surface area contributed by atoms with E-state index >= 15 is 0 Å². The molecule has 0 radical (unpaired) electrons. The minimum Gasteiger partial charge on any atom is -0.487 e. The highest BCUT2D eigenvalue weighted by molar-refractivity contribution is 5.41. The summed E-state index contributed by atoms with van der Waals surface area (Å²) in [7, 11) is 0. The number of hydrogen-bond donors (Lipinski definition) is 1. The predicted molar refractivity (Wildman–Crippen MR) is 71.5 cm³/mol. The van der Waals surface area contributed by atoms with Crippen molar-refractivity contribution in [1.29, 1.82) is 0 Å². The Morgan fingerprint density at radius 3 is 2.94 bits per heavy atom. The average molecular weight is 233 g/mol. The third-order valence-corrected chi connectivity index (χ3v) is 3.16. The van der Waals surface area contributed by atoms with Crippen molar-refractivity contribution in [3.05, 3.63) is 29.3 Å². The van der Waals surface area contributed by atoms with Crippen LogP contribution >= 0.6 is 0 Å². The highest BCUT2D eigenvalue weighted by atomic mass is 16.5. The third-order valence-electron chi connectivity index (χ3n) is 3.16. The maximum Gasteiger partial charge on any atom is 0.123 e. The molecule has 0 amide bonds. The molecule has 1 aliphatic rings. The van der Waals surface area contributed by atoms with Crippen LogP contribution < -0.4 is 10.1 Å². The van der Waals surface area contributed by atoms with Crippen molar-refractivity contribution in [2.75, 3.05) is 6.54 Å². The van der Waals surface area contributed by atoms with Crippen molar-refractivity contribution in [3.8, 4) is 5.75 Å². The van der Waals surface area contributed by atoms with Crippen LogP contribution in [0.4, 0.5) is 0 Å². The predicted octanol–water partition coefficient (Wildman–Crippen LogP) is 3.29. The van der Waals surface area contributed by atoms with Crippen LogP contribution in [0.3, 0.4) is 0 Å². The van der Waals surface area contributed by atoms with Gasteiger partial charge in [-0.15, -0.1) is 0 Å². The van der Waals surface area contributed by atoms with Crippen LogP contribution in [0.1, 0.15) is 44.7 Å². The Balaban J connectivity index is 1.94. The molecular formula is C15H23NO. The van der Waals surface area contributed by atoms with E-state index in [1.54, 1.807) is 0 Å². The minimum absolute atomic E-state index is 0.0312. The lowest BCUT2D eigenvalue weighted by atomic mass is 10.0. The van der Waals surface area contributed by atoms with Crippen LogP contribution in [0.2, 0.25) is 0 Å². The summed E-state index contributed by atoms with van der Waals surface area (Å²) in [4.78, 5) is 0. The second-order valence-electron chi connectivity index (χ2n) is 5.51. The molecule has 0 aromatic heterocycles. The van der Waals surface area contributed by atoms with Gasteiger partial charge in [0.05, 0.1) is 0 Å². The van der Waals surface area contributed by atoms with E-state index in [0.717, 1.165) is 25.3 Å². The molecule has 1 N–H and O–H groups in total. The molecule has 0 saturated carbocycles. The van der Waals surface area contributed by atoms with Crippen molar-refractivity contribution < 1.29 is 4.74 Å². The number of hydrogen-bond acceptors (Lipinski definition) is 2. The van der Waals surface area contributed by atoms with Crippen molar-refractivity contribution in [2.45, 2.75) is 52.2 Å². The summed E-state index contributed by atoms with van der Waals surface area (Å²) in [6.07, 6.45) is 3.52. The van der Waals surface area contributed by atoms with Gasteiger partial charge < -0.3 is 10.1 Å². The van der Waals surface area contributed by atoms with Gasteiger partial charge in [-0.25, -0.2) is 0 Å². The second kappa shape index (κ2) is 5.09. The summed E-state index contributed by atoms with van der Waals surface area (Å²) in [5, 5.41) is 3.47. The van der Waals surface area contributed by atoms with Crippen LogP contribution in [0.25, 0.3) is 0 Å². The Labute approximate surface area is 104 Å². The lowest BCUT2D eigenvalue weighted by molar-refractivity contribution is 0.138. The Bertz CT molecular complexity index is 385. The number of unbranched alkanes of at least 4 members (excludes halogenated alkanes) is 1. The molecule has 1 aromatic rings. The van der Waals surface area contributed by atoms with Gasteiger partial charge in [0.1, 0.15) is 11.4 Å². The summed E-state index contributed by atoms with van der Waals surface area (Å²) >= 11 is 0. The monoisotopic (exact) mass is 233 g/mol. The van der Waals surface area contributed by atoms with Gasteiger partial charge in [-0.1, -0.05) is 25.5 Å². The zero-order valence-corrected chi connectivity index (χ0v) is 11.2. The van der Waals surface area contributed by atoms with E-state index in [1.807, 2.05) is 0 Å². The van der Waals surface area contributed by atoms with Crippen molar-refractivity contribution in [3.63, 3.8) is 0 Å². The first kappa shape index (κ1) is 12.4. The van der Waals surface area contributed by atoms with Crippen LogP contribution in [-0.4, -0.2) is 12.1 Å². The van der Waals surface area contributed by atoms with Crippen LogP contribution in [0.15, 0.2) is 18.2 Å². The zero-order chi connectivity index (χ0) is 12.3. The van der Waals surface area contributed by atoms with E-state index in [-0.39, 0.29) is 5.60 Å². The van der Waals surface area contributed by atoms with E-state index in [9.17, 15) is 0 Å². The molecule has 0 fully saturated rings. The first-order chi connectivity index (χ1) is 8.11. The lowest BCUT2D eigenvalue weighted by Crippen LogP contribution is -2.24. The lowest BCUT2D eigenvalue weighted by Gasteiger charge is -2.16. The fourth-order valence-electron chi connectivity index (χ4n) is 2.31. The topological polar surface area (TPSA) is 21.3 Å². The molecule has 17 heavy (non-hydrogen) atoms. The van der Waals surface area contributed by atoms with Crippen molar-refractivity contribution in [2.24, 2.45) is 0 Å². The molecule has 94 valence electrons. The maximum absolute atomic E-state index is 5.87. The number of nitrogens with one attached hydrogen (secondary N) is 1. The number of fused-ring (bicyclic) bond motifs is 1. The van der Waals surface area contributed by atoms with E-state index < -0.39 is 0 Å². The molecule has 1 heterocycles. The summed E-state index contributed by atoms with van der Waals surface area (Å²) < 4.78 is 5.87. The van der Waals surface area contributed by atoms with E-state index in [2.05, 4.69) is 44.3 Å². The molecular weight excluding hydrogens is 210 g/mol. The summed E-state index contributed by atoms with van der Waals surface area (Å²) in [6.45, 7) is 8.58. The summed E-state index contributed by atoms with van der Waals surface area (Å²) in [5.74, 6) is 1.06. The molecule has 2 rings (SSSR count). The molecule has 0 bridgehead atoms. The Morgan fingerprint density at radius 2 is 2.18 bits per heavy atom. The minimum atomic E-state index is -0.0312. The fraction of sp³-hybridized carbons (Fsp3) is 0.600. The first-order valence-electron chi connectivity index (χ1n) is 6.62. The second-order valence-corrected chi connectivity index (χ2v) is 5.51. The quantitative estimate of drug-likeness (QED) is 0.788. The Kier molecular flexibility index (Phi) is 3.72. The zero-order valence-electron chi connectivity index (χ0n) is 11.2. The third kappa shape index (κ3) is 3.22. The van der Waals surface area contributed by atoms with Gasteiger partial charge in [0, 0.05) is 13.0 Å². The smallest absolute Gasteiger partial charge is 0.123 e. The Hall–Kier alpha value is -1.02. The molecule has 2 heteroatoms. The van der Waals surface area contributed by atoms with Gasteiger partial charge in [-0.3, -0.25) is 0 Å². The molecule has 1 aliphatic heterocycles. The highest BCUT2D eigenvalue weighted by Gasteiger charge is 2.29. The van der Waals surface area contributed by atoms with Gasteiger partial charge in [-0.05, 0) is 44.0 Å². The largest absolute Gasteiger partial charge is 0.487 e. The molecule has 0 spiro atoms. The van der Waals surface area contributed by atoms with Crippen LogP contribution in [-0.2, 0) is 13.0 Å². The van der Waals surface area contributed by atoms with Gasteiger partial charge in [-0.2, -0.15) is 0 Å². The van der Waals surface area contributed by atoms with Gasteiger partial charge in [0.15, 0.2) is 0 Å². The van der Waals surface area contributed by atoms with Gasteiger partial charge in [0.25, 0.3) is 0 Å². The summed E-state index contributed by atoms with van der Waals surface area (Å²) in [5.41, 5.74) is 2.68. The first-order valence-corrected chi connectivity index (χ1v) is 6.62. The van der Waals surface area contributed by atoms with Crippen LogP contribution in [0.5, 0.6) is 5.75 Å². The molecule has 0 aliphatic carbocycles. The van der Waals surface area contributed by atoms with Gasteiger partial charge in [0.2, 0.25) is 0 Å². The normalized spacial score (nSPS) is 16.6. The molecule has 1 aromatic carbocycles. The fourth-order valence-corrected chi connectivity index (χ4v) is 2.31. The van der Waals surface area contributed by atoms with Gasteiger partial charge >= 0.3 is 0 Å². The van der Waals surface area contributed by atoms with Crippen LogP contribution in [0, 0.1) is 0 Å². The van der Waals surface area contributed by atoms with E-state index in [0.29, 0.717) is 0 Å². The average Bonchev–Trinajstić information content (AvgIpc) is 2.57. The highest BCUT2D eigenvalue weighted by Crippen LogP contribution is 2.35. The molecule has 2 nitrogen and oxygen atoms in total. The number of rotatable bonds is 5. The summed E-state index contributed by atoms with van der Waals surface area (Å²) in [6, 6.07) is 6.56.